The van der Waals surface area contributed by atoms with Gasteiger partial charge in [-0.25, -0.2) is 4.98 Å². The molecule has 3 rings (SSSR count). The highest BCUT2D eigenvalue weighted by Crippen LogP contribution is 2.37. The minimum Gasteiger partial charge on any atom is -0.438 e. The minimum atomic E-state index is -4.42. The first-order valence-corrected chi connectivity index (χ1v) is 8.36. The molecule has 8 heteroatoms. The van der Waals surface area contributed by atoms with Crippen molar-refractivity contribution in [2.75, 3.05) is 11.9 Å². The van der Waals surface area contributed by atoms with Gasteiger partial charge in [-0.3, -0.25) is 4.79 Å². The average molecular weight is 378 g/mol. The number of alkyl halides is 3. The van der Waals surface area contributed by atoms with Gasteiger partial charge < -0.3 is 9.64 Å². The molecule has 0 unspecified atom stereocenters. The van der Waals surface area contributed by atoms with E-state index in [0.29, 0.717) is 17.0 Å². The number of carbonyl (C=O) groups excluding carboxylic acids is 1. The monoisotopic (exact) mass is 378 g/mol. The van der Waals surface area contributed by atoms with Crippen LogP contribution in [0.1, 0.15) is 15.4 Å². The molecule has 2 heterocycles. The molecular weight excluding hydrogens is 365 g/mol. The number of halogens is 3. The SMILES string of the molecule is CN(C(=O)c1cccc(Oc2csc(C(F)(F)F)c2)n1)c1ccccc1. The molecule has 0 aliphatic heterocycles. The number of nitrogens with zero attached hydrogens (tertiary/aromatic N) is 2. The molecule has 0 aliphatic carbocycles. The van der Waals surface area contributed by atoms with Crippen molar-refractivity contribution < 1.29 is 22.7 Å². The summed E-state index contributed by atoms with van der Waals surface area (Å²) in [5.74, 6) is -0.289. The molecule has 0 aliphatic rings. The van der Waals surface area contributed by atoms with E-state index in [2.05, 4.69) is 4.98 Å². The third-order valence-electron chi connectivity index (χ3n) is 3.47. The molecule has 0 saturated carbocycles. The Morgan fingerprint density at radius 1 is 1.12 bits per heavy atom. The van der Waals surface area contributed by atoms with Crippen LogP contribution in [0.3, 0.4) is 0 Å². The van der Waals surface area contributed by atoms with Gasteiger partial charge in [0.05, 0.1) is 0 Å². The number of hydrogen-bond donors (Lipinski definition) is 0. The fourth-order valence-corrected chi connectivity index (χ4v) is 2.85. The van der Waals surface area contributed by atoms with Gasteiger partial charge in [-0.2, -0.15) is 13.2 Å². The Morgan fingerprint density at radius 2 is 1.85 bits per heavy atom. The van der Waals surface area contributed by atoms with Crippen LogP contribution in [0.15, 0.2) is 60.0 Å². The smallest absolute Gasteiger partial charge is 0.425 e. The van der Waals surface area contributed by atoms with Gasteiger partial charge in [0.2, 0.25) is 5.88 Å². The Labute approximate surface area is 151 Å². The maximum absolute atomic E-state index is 12.6. The lowest BCUT2D eigenvalue weighted by molar-refractivity contribution is -0.134. The molecule has 0 N–H and O–H groups in total. The zero-order chi connectivity index (χ0) is 18.7. The van der Waals surface area contributed by atoms with Gasteiger partial charge >= 0.3 is 6.18 Å². The Hall–Kier alpha value is -2.87. The number of rotatable bonds is 4. The zero-order valence-electron chi connectivity index (χ0n) is 13.5. The van der Waals surface area contributed by atoms with Gasteiger partial charge in [0.25, 0.3) is 5.91 Å². The fourth-order valence-electron chi connectivity index (χ4n) is 2.17. The molecule has 2 aromatic heterocycles. The average Bonchev–Trinajstić information content (AvgIpc) is 3.10. The normalized spacial score (nSPS) is 11.2. The van der Waals surface area contributed by atoms with Gasteiger partial charge in [0.1, 0.15) is 16.3 Å². The number of hydrogen-bond acceptors (Lipinski definition) is 4. The summed E-state index contributed by atoms with van der Waals surface area (Å²) in [4.78, 5) is 17.3. The van der Waals surface area contributed by atoms with Crippen LogP contribution in [0.5, 0.6) is 11.6 Å². The summed E-state index contributed by atoms with van der Waals surface area (Å²) in [5, 5.41) is 1.25. The summed E-state index contributed by atoms with van der Waals surface area (Å²) in [7, 11) is 1.61. The number of para-hydroxylation sites is 1. The Bertz CT molecular complexity index is 910. The van der Waals surface area contributed by atoms with Crippen molar-refractivity contribution >= 4 is 22.9 Å². The molecule has 0 radical (unpaired) electrons. The van der Waals surface area contributed by atoms with E-state index in [0.717, 1.165) is 6.07 Å². The summed E-state index contributed by atoms with van der Waals surface area (Å²) in [5.41, 5.74) is 0.818. The van der Waals surface area contributed by atoms with E-state index in [1.165, 1.54) is 22.4 Å². The Balaban J connectivity index is 1.78. The van der Waals surface area contributed by atoms with E-state index in [1.54, 1.807) is 37.4 Å². The van der Waals surface area contributed by atoms with E-state index in [-0.39, 0.29) is 23.2 Å². The van der Waals surface area contributed by atoms with Crippen LogP contribution < -0.4 is 9.64 Å². The molecular formula is C18H13F3N2O2S. The lowest BCUT2D eigenvalue weighted by atomic mass is 10.2. The first kappa shape index (κ1) is 17.9. The summed E-state index contributed by atoms with van der Waals surface area (Å²) in [6, 6.07) is 14.5. The topological polar surface area (TPSA) is 42.4 Å². The highest BCUT2D eigenvalue weighted by molar-refractivity contribution is 7.10. The van der Waals surface area contributed by atoms with E-state index in [1.807, 2.05) is 6.07 Å². The first-order valence-electron chi connectivity index (χ1n) is 7.48. The number of pyridine rings is 1. The summed E-state index contributed by atoms with van der Waals surface area (Å²) >= 11 is 0.535. The number of benzene rings is 1. The van der Waals surface area contributed by atoms with E-state index < -0.39 is 11.1 Å². The van der Waals surface area contributed by atoms with Crippen molar-refractivity contribution in [3.05, 3.63) is 70.5 Å². The largest absolute Gasteiger partial charge is 0.438 e. The van der Waals surface area contributed by atoms with E-state index in [9.17, 15) is 18.0 Å². The van der Waals surface area contributed by atoms with Gasteiger partial charge in [-0.05, 0) is 18.2 Å². The van der Waals surface area contributed by atoms with Crippen molar-refractivity contribution in [1.82, 2.24) is 4.98 Å². The molecule has 0 saturated heterocycles. The molecule has 4 nitrogen and oxygen atoms in total. The molecule has 1 aromatic carbocycles. The molecule has 0 spiro atoms. The van der Waals surface area contributed by atoms with Crippen LogP contribution >= 0.6 is 11.3 Å². The maximum Gasteiger partial charge on any atom is 0.425 e. The first-order chi connectivity index (χ1) is 12.3. The number of anilines is 1. The second-order valence-electron chi connectivity index (χ2n) is 5.31. The van der Waals surface area contributed by atoms with E-state index in [4.69, 9.17) is 4.74 Å². The van der Waals surface area contributed by atoms with Crippen LogP contribution in [0.25, 0.3) is 0 Å². The zero-order valence-corrected chi connectivity index (χ0v) is 14.3. The van der Waals surface area contributed by atoms with Crippen molar-refractivity contribution in [2.45, 2.75) is 6.18 Å². The number of ether oxygens (including phenoxy) is 1. The Morgan fingerprint density at radius 3 is 2.50 bits per heavy atom. The van der Waals surface area contributed by atoms with Gasteiger partial charge in [0, 0.05) is 30.2 Å². The number of amides is 1. The molecule has 0 bridgehead atoms. The Kier molecular flexibility index (Phi) is 4.94. The van der Waals surface area contributed by atoms with Crippen molar-refractivity contribution in [2.24, 2.45) is 0 Å². The quantitative estimate of drug-likeness (QED) is 0.624. The predicted octanol–water partition coefficient (Wildman–Crippen LogP) is 5.23. The van der Waals surface area contributed by atoms with Gasteiger partial charge in [0.15, 0.2) is 0 Å². The molecule has 26 heavy (non-hydrogen) atoms. The minimum absolute atomic E-state index is 0.0239. The second kappa shape index (κ2) is 7.17. The van der Waals surface area contributed by atoms with Crippen LogP contribution in [-0.2, 0) is 6.18 Å². The molecule has 1 amide bonds. The van der Waals surface area contributed by atoms with Crippen LogP contribution in [0, 0.1) is 0 Å². The third kappa shape index (κ3) is 4.02. The van der Waals surface area contributed by atoms with Crippen molar-refractivity contribution in [3.8, 4) is 11.6 Å². The third-order valence-corrected chi connectivity index (χ3v) is 4.42. The highest BCUT2D eigenvalue weighted by Gasteiger charge is 2.32. The lowest BCUT2D eigenvalue weighted by Crippen LogP contribution is -2.27. The fraction of sp³-hybridized carbons (Fsp3) is 0.111. The van der Waals surface area contributed by atoms with Crippen molar-refractivity contribution in [1.29, 1.82) is 0 Å². The van der Waals surface area contributed by atoms with E-state index >= 15 is 0 Å². The number of thiophene rings is 1. The highest BCUT2D eigenvalue weighted by atomic mass is 32.1. The standard InChI is InChI=1S/C18H13F3N2O2S/c1-23(12-6-3-2-4-7-12)17(24)14-8-5-9-16(22-14)25-13-10-15(26-11-13)18(19,20)21/h2-11H,1H3. The van der Waals surface area contributed by atoms with Gasteiger partial charge in [-0.15, -0.1) is 11.3 Å². The predicted molar refractivity (Wildman–Crippen MR) is 92.8 cm³/mol. The molecule has 0 fully saturated rings. The second-order valence-corrected chi connectivity index (χ2v) is 6.22. The van der Waals surface area contributed by atoms with Gasteiger partial charge in [-0.1, -0.05) is 24.3 Å². The molecule has 134 valence electrons. The van der Waals surface area contributed by atoms with Crippen LogP contribution in [0.4, 0.5) is 18.9 Å². The maximum atomic E-state index is 12.6. The number of aromatic nitrogens is 1. The van der Waals surface area contributed by atoms with Crippen molar-refractivity contribution in [3.63, 3.8) is 0 Å². The molecule has 3 aromatic rings. The lowest BCUT2D eigenvalue weighted by Gasteiger charge is -2.17. The summed E-state index contributed by atoms with van der Waals surface area (Å²) in [6.07, 6.45) is -4.42. The summed E-state index contributed by atoms with van der Waals surface area (Å²) < 4.78 is 43.3. The number of carbonyl (C=O) groups is 1. The van der Waals surface area contributed by atoms with Crippen LogP contribution in [0.2, 0.25) is 0 Å². The van der Waals surface area contributed by atoms with Crippen LogP contribution in [-0.4, -0.2) is 17.9 Å². The summed E-state index contributed by atoms with van der Waals surface area (Å²) in [6.45, 7) is 0. The molecule has 0 atom stereocenters.